The van der Waals surface area contributed by atoms with Gasteiger partial charge in [-0.1, -0.05) is 12.1 Å². The van der Waals surface area contributed by atoms with Gasteiger partial charge >= 0.3 is 12.1 Å². The SMILES string of the molecule is CC(C)(C)OC(=O)NOCC(C(=O)O)c1ccc(F)cc1. The minimum absolute atomic E-state index is 0.305. The van der Waals surface area contributed by atoms with Crippen LogP contribution in [0.1, 0.15) is 32.3 Å². The third-order valence-electron chi connectivity index (χ3n) is 2.37. The molecule has 1 atom stereocenters. The molecule has 0 aliphatic rings. The summed E-state index contributed by atoms with van der Waals surface area (Å²) in [6, 6.07) is 5.02. The number of carboxylic acid groups (broad SMARTS) is 1. The standard InChI is InChI=1S/C14H18FNO5/c1-14(2,3)21-13(19)16-20-8-11(12(17)18)9-4-6-10(15)7-5-9/h4-7,11H,8H2,1-3H3,(H,16,19)(H,17,18). The molecule has 0 heterocycles. The highest BCUT2D eigenvalue weighted by atomic mass is 19.1. The number of hydrogen-bond donors (Lipinski definition) is 2. The smallest absolute Gasteiger partial charge is 0.431 e. The lowest BCUT2D eigenvalue weighted by Gasteiger charge is -2.20. The number of nitrogens with one attached hydrogen (secondary N) is 1. The van der Waals surface area contributed by atoms with Gasteiger partial charge in [0.15, 0.2) is 0 Å². The summed E-state index contributed by atoms with van der Waals surface area (Å²) in [5.74, 6) is -2.64. The zero-order valence-electron chi connectivity index (χ0n) is 12.1. The Morgan fingerprint density at radius 3 is 2.33 bits per heavy atom. The van der Waals surface area contributed by atoms with E-state index in [4.69, 9.17) is 14.7 Å². The molecule has 0 fully saturated rings. The van der Waals surface area contributed by atoms with Gasteiger partial charge in [-0.3, -0.25) is 9.63 Å². The number of hydrogen-bond acceptors (Lipinski definition) is 4. The second-order valence-corrected chi connectivity index (χ2v) is 5.36. The van der Waals surface area contributed by atoms with E-state index in [1.54, 1.807) is 20.8 Å². The van der Waals surface area contributed by atoms with Crippen molar-refractivity contribution in [1.29, 1.82) is 0 Å². The van der Waals surface area contributed by atoms with Crippen molar-refractivity contribution in [1.82, 2.24) is 5.48 Å². The molecule has 0 saturated carbocycles. The van der Waals surface area contributed by atoms with Crippen LogP contribution in [0, 0.1) is 5.82 Å². The van der Waals surface area contributed by atoms with E-state index >= 15 is 0 Å². The van der Waals surface area contributed by atoms with Gasteiger partial charge in [0, 0.05) is 0 Å². The molecule has 0 radical (unpaired) electrons. The molecule has 0 bridgehead atoms. The minimum atomic E-state index is -1.15. The number of aliphatic carboxylic acids is 1. The van der Waals surface area contributed by atoms with E-state index in [2.05, 4.69) is 0 Å². The molecule has 0 aromatic heterocycles. The van der Waals surface area contributed by atoms with Crippen LogP contribution in [0.4, 0.5) is 9.18 Å². The first kappa shape index (κ1) is 16.9. The Morgan fingerprint density at radius 2 is 1.86 bits per heavy atom. The average Bonchev–Trinajstić information content (AvgIpc) is 2.33. The number of amides is 1. The lowest BCUT2D eigenvalue weighted by molar-refractivity contribution is -0.141. The Kier molecular flexibility index (Phi) is 5.66. The summed E-state index contributed by atoms with van der Waals surface area (Å²) in [5.41, 5.74) is 1.69. The van der Waals surface area contributed by atoms with Crippen molar-refractivity contribution in [3.05, 3.63) is 35.6 Å². The number of carbonyl (C=O) groups is 2. The fourth-order valence-corrected chi connectivity index (χ4v) is 1.49. The number of benzene rings is 1. The summed E-state index contributed by atoms with van der Waals surface area (Å²) in [7, 11) is 0. The van der Waals surface area contributed by atoms with Gasteiger partial charge in [0.25, 0.3) is 0 Å². The Bertz CT molecular complexity index is 495. The van der Waals surface area contributed by atoms with Crippen LogP contribution in [-0.4, -0.2) is 29.4 Å². The van der Waals surface area contributed by atoms with Gasteiger partial charge in [-0.05, 0) is 38.5 Å². The molecular weight excluding hydrogens is 281 g/mol. The number of hydroxylamine groups is 1. The van der Waals surface area contributed by atoms with Crippen molar-refractivity contribution in [2.45, 2.75) is 32.3 Å². The maximum atomic E-state index is 12.8. The fourth-order valence-electron chi connectivity index (χ4n) is 1.49. The Labute approximate surface area is 121 Å². The molecule has 1 unspecified atom stereocenters. The zero-order chi connectivity index (χ0) is 16.0. The summed E-state index contributed by atoms with van der Waals surface area (Å²) < 4.78 is 17.7. The first-order valence-electron chi connectivity index (χ1n) is 6.28. The lowest BCUT2D eigenvalue weighted by Crippen LogP contribution is -2.34. The highest BCUT2D eigenvalue weighted by Gasteiger charge is 2.22. The first-order valence-corrected chi connectivity index (χ1v) is 6.28. The van der Waals surface area contributed by atoms with Gasteiger partial charge in [0.2, 0.25) is 0 Å². The average molecular weight is 299 g/mol. The largest absolute Gasteiger partial charge is 0.481 e. The Balaban J connectivity index is 2.55. The number of carboxylic acids is 1. The topological polar surface area (TPSA) is 84.9 Å². The van der Waals surface area contributed by atoms with E-state index < -0.39 is 29.4 Å². The van der Waals surface area contributed by atoms with Crippen molar-refractivity contribution in [3.8, 4) is 0 Å². The van der Waals surface area contributed by atoms with Gasteiger partial charge < -0.3 is 9.84 Å². The van der Waals surface area contributed by atoms with Crippen LogP contribution in [-0.2, 0) is 14.4 Å². The number of rotatable bonds is 5. The second-order valence-electron chi connectivity index (χ2n) is 5.36. The van der Waals surface area contributed by atoms with E-state index in [0.717, 1.165) is 12.1 Å². The van der Waals surface area contributed by atoms with E-state index in [-0.39, 0.29) is 6.61 Å². The summed E-state index contributed by atoms with van der Waals surface area (Å²) in [5, 5.41) is 9.13. The summed E-state index contributed by atoms with van der Waals surface area (Å²) in [6.45, 7) is 4.75. The molecule has 0 spiro atoms. The molecule has 21 heavy (non-hydrogen) atoms. The summed E-state index contributed by atoms with van der Waals surface area (Å²) in [4.78, 5) is 27.4. The third-order valence-corrected chi connectivity index (χ3v) is 2.37. The molecular formula is C14H18FNO5. The van der Waals surface area contributed by atoms with Crippen LogP contribution < -0.4 is 5.48 Å². The molecule has 1 aromatic carbocycles. The molecule has 7 heteroatoms. The van der Waals surface area contributed by atoms with Gasteiger partial charge in [0.05, 0.1) is 6.61 Å². The molecule has 1 amide bonds. The van der Waals surface area contributed by atoms with E-state index in [0.29, 0.717) is 5.56 Å². The monoisotopic (exact) mass is 299 g/mol. The van der Waals surface area contributed by atoms with Gasteiger partial charge in [-0.25, -0.2) is 9.18 Å². The minimum Gasteiger partial charge on any atom is -0.481 e. The summed E-state index contributed by atoms with van der Waals surface area (Å²) in [6.07, 6.45) is -0.814. The number of ether oxygens (including phenoxy) is 1. The highest BCUT2D eigenvalue weighted by molar-refractivity contribution is 5.76. The van der Waals surface area contributed by atoms with Crippen LogP contribution in [0.15, 0.2) is 24.3 Å². The van der Waals surface area contributed by atoms with Gasteiger partial charge in [-0.2, -0.15) is 5.48 Å². The maximum absolute atomic E-state index is 12.8. The second kappa shape index (κ2) is 7.03. The normalized spacial score (nSPS) is 12.6. The number of halogens is 1. The van der Waals surface area contributed by atoms with Crippen molar-refractivity contribution in [2.75, 3.05) is 6.61 Å². The molecule has 0 aliphatic carbocycles. The molecule has 2 N–H and O–H groups in total. The Morgan fingerprint density at radius 1 is 1.29 bits per heavy atom. The molecule has 1 aromatic rings. The molecule has 6 nitrogen and oxygen atoms in total. The lowest BCUT2D eigenvalue weighted by atomic mass is 10.0. The van der Waals surface area contributed by atoms with Gasteiger partial charge in [-0.15, -0.1) is 0 Å². The number of carbonyl (C=O) groups excluding carboxylic acids is 1. The molecule has 1 rings (SSSR count). The predicted octanol–water partition coefficient (Wildman–Crippen LogP) is 2.45. The van der Waals surface area contributed by atoms with Crippen molar-refractivity contribution < 1.29 is 28.7 Å². The van der Waals surface area contributed by atoms with Crippen LogP contribution in [0.5, 0.6) is 0 Å². The molecule has 116 valence electrons. The van der Waals surface area contributed by atoms with E-state index in [1.807, 2.05) is 5.48 Å². The first-order chi connectivity index (χ1) is 9.69. The Hall–Kier alpha value is -2.15. The van der Waals surface area contributed by atoms with Crippen LogP contribution >= 0.6 is 0 Å². The third kappa shape index (κ3) is 6.22. The fraction of sp³-hybridized carbons (Fsp3) is 0.429. The molecule has 0 aliphatic heterocycles. The molecule has 0 saturated heterocycles. The summed E-state index contributed by atoms with van der Waals surface area (Å²) >= 11 is 0. The van der Waals surface area contributed by atoms with Gasteiger partial charge in [0.1, 0.15) is 17.3 Å². The van der Waals surface area contributed by atoms with Crippen LogP contribution in [0.3, 0.4) is 0 Å². The van der Waals surface area contributed by atoms with Crippen LogP contribution in [0.25, 0.3) is 0 Å². The quantitative estimate of drug-likeness (QED) is 0.816. The van der Waals surface area contributed by atoms with E-state index in [1.165, 1.54) is 12.1 Å². The maximum Gasteiger partial charge on any atom is 0.431 e. The van der Waals surface area contributed by atoms with Crippen LogP contribution in [0.2, 0.25) is 0 Å². The van der Waals surface area contributed by atoms with Crippen molar-refractivity contribution >= 4 is 12.1 Å². The van der Waals surface area contributed by atoms with Crippen molar-refractivity contribution in [2.24, 2.45) is 0 Å². The highest BCUT2D eigenvalue weighted by Crippen LogP contribution is 2.17. The zero-order valence-corrected chi connectivity index (χ0v) is 12.1. The van der Waals surface area contributed by atoms with E-state index in [9.17, 15) is 14.0 Å². The van der Waals surface area contributed by atoms with Crippen molar-refractivity contribution in [3.63, 3.8) is 0 Å². The predicted molar refractivity (Wildman–Crippen MR) is 72.1 cm³/mol.